The van der Waals surface area contributed by atoms with Crippen LogP contribution in [0.3, 0.4) is 0 Å². The van der Waals surface area contributed by atoms with Gasteiger partial charge >= 0.3 is 0 Å². The third-order valence-electron chi connectivity index (χ3n) is 1.62. The maximum absolute atomic E-state index is 11.2. The number of ketones is 1. The Morgan fingerprint density at radius 3 is 2.85 bits per heavy atom. The standard InChI is InChI=1S/C9H7BrN2O/c10-4-9(13)6-1-2-8(12)7(3-6)5-11/h1-3H,4,12H2. The molecule has 66 valence electrons. The van der Waals surface area contributed by atoms with Crippen LogP contribution in [0.2, 0.25) is 0 Å². The summed E-state index contributed by atoms with van der Waals surface area (Å²) in [6.07, 6.45) is 0. The van der Waals surface area contributed by atoms with Gasteiger partial charge in [-0.05, 0) is 18.2 Å². The van der Waals surface area contributed by atoms with Gasteiger partial charge in [0.1, 0.15) is 6.07 Å². The van der Waals surface area contributed by atoms with E-state index in [2.05, 4.69) is 15.9 Å². The Labute approximate surface area is 84.3 Å². The van der Waals surface area contributed by atoms with E-state index in [4.69, 9.17) is 11.0 Å². The van der Waals surface area contributed by atoms with E-state index in [0.717, 1.165) is 0 Å². The molecule has 4 heteroatoms. The number of halogens is 1. The highest BCUT2D eigenvalue weighted by atomic mass is 79.9. The van der Waals surface area contributed by atoms with E-state index >= 15 is 0 Å². The van der Waals surface area contributed by atoms with Gasteiger partial charge in [0, 0.05) is 11.3 Å². The van der Waals surface area contributed by atoms with Gasteiger partial charge in [-0.25, -0.2) is 0 Å². The van der Waals surface area contributed by atoms with E-state index in [1.807, 2.05) is 6.07 Å². The number of carbonyl (C=O) groups is 1. The molecule has 3 nitrogen and oxygen atoms in total. The lowest BCUT2D eigenvalue weighted by Gasteiger charge is -2.00. The average molecular weight is 239 g/mol. The van der Waals surface area contributed by atoms with Crippen LogP contribution in [0.4, 0.5) is 5.69 Å². The summed E-state index contributed by atoms with van der Waals surface area (Å²) in [6.45, 7) is 0. The number of alkyl halides is 1. The first-order valence-corrected chi connectivity index (χ1v) is 4.70. The summed E-state index contributed by atoms with van der Waals surface area (Å²) in [7, 11) is 0. The maximum atomic E-state index is 11.2. The molecular formula is C9H7BrN2O. The second kappa shape index (κ2) is 4.06. The van der Waals surface area contributed by atoms with Crippen LogP contribution in [-0.4, -0.2) is 11.1 Å². The molecule has 0 saturated carbocycles. The fraction of sp³-hybridized carbons (Fsp3) is 0.111. The fourth-order valence-corrected chi connectivity index (χ4v) is 1.23. The molecule has 0 amide bonds. The Bertz CT molecular complexity index is 382. The maximum Gasteiger partial charge on any atom is 0.173 e. The van der Waals surface area contributed by atoms with Crippen molar-refractivity contribution in [3.8, 4) is 6.07 Å². The number of benzene rings is 1. The quantitative estimate of drug-likeness (QED) is 0.485. The molecule has 0 spiro atoms. The molecule has 0 unspecified atom stereocenters. The van der Waals surface area contributed by atoms with Gasteiger partial charge < -0.3 is 5.73 Å². The Hall–Kier alpha value is -1.34. The van der Waals surface area contributed by atoms with Crippen molar-refractivity contribution in [3.05, 3.63) is 29.3 Å². The van der Waals surface area contributed by atoms with Crippen molar-refractivity contribution in [2.45, 2.75) is 0 Å². The zero-order chi connectivity index (χ0) is 9.84. The minimum absolute atomic E-state index is 0.0588. The number of Topliss-reactive ketones (excluding diaryl/α,β-unsaturated/α-hetero) is 1. The number of hydrogen-bond donors (Lipinski definition) is 1. The highest BCUT2D eigenvalue weighted by Crippen LogP contribution is 2.13. The molecule has 0 aliphatic rings. The van der Waals surface area contributed by atoms with Crippen LogP contribution < -0.4 is 5.73 Å². The van der Waals surface area contributed by atoms with Gasteiger partial charge in [-0.3, -0.25) is 4.79 Å². The molecular weight excluding hydrogens is 232 g/mol. The average Bonchev–Trinajstić information content (AvgIpc) is 2.17. The highest BCUT2D eigenvalue weighted by molar-refractivity contribution is 9.09. The molecule has 0 atom stereocenters. The van der Waals surface area contributed by atoms with Gasteiger partial charge in [0.2, 0.25) is 0 Å². The minimum atomic E-state index is -0.0588. The third-order valence-corrected chi connectivity index (χ3v) is 2.13. The second-order valence-corrected chi connectivity index (χ2v) is 3.03. The lowest BCUT2D eigenvalue weighted by molar-refractivity contribution is 0.102. The van der Waals surface area contributed by atoms with Gasteiger partial charge in [0.05, 0.1) is 10.9 Å². The Kier molecular flexibility index (Phi) is 3.04. The molecule has 0 aliphatic heterocycles. The lowest BCUT2D eigenvalue weighted by Crippen LogP contribution is -2.01. The van der Waals surface area contributed by atoms with Crippen molar-refractivity contribution in [3.63, 3.8) is 0 Å². The topological polar surface area (TPSA) is 66.9 Å². The fourth-order valence-electron chi connectivity index (χ4n) is 0.904. The molecule has 0 aliphatic carbocycles. The van der Waals surface area contributed by atoms with E-state index in [0.29, 0.717) is 16.8 Å². The predicted octanol–water partition coefficient (Wildman–Crippen LogP) is 1.72. The first-order chi connectivity index (χ1) is 6.19. The molecule has 0 fully saturated rings. The molecule has 0 heterocycles. The van der Waals surface area contributed by atoms with Crippen LogP contribution in [0.25, 0.3) is 0 Å². The summed E-state index contributed by atoms with van der Waals surface area (Å²) in [4.78, 5) is 11.2. The number of carbonyl (C=O) groups excluding carboxylic acids is 1. The van der Waals surface area contributed by atoms with Gasteiger partial charge in [-0.15, -0.1) is 0 Å². The molecule has 1 rings (SSSR count). The van der Waals surface area contributed by atoms with Crippen LogP contribution >= 0.6 is 15.9 Å². The predicted molar refractivity (Wildman–Crippen MR) is 53.7 cm³/mol. The highest BCUT2D eigenvalue weighted by Gasteiger charge is 2.06. The summed E-state index contributed by atoms with van der Waals surface area (Å²) in [5.41, 5.74) is 6.73. The van der Waals surface area contributed by atoms with Gasteiger partial charge in [-0.2, -0.15) is 5.26 Å². The van der Waals surface area contributed by atoms with E-state index in [1.165, 1.54) is 6.07 Å². The van der Waals surface area contributed by atoms with Crippen molar-refractivity contribution in [2.24, 2.45) is 0 Å². The van der Waals surface area contributed by atoms with Crippen LogP contribution in [0.1, 0.15) is 15.9 Å². The van der Waals surface area contributed by atoms with E-state index < -0.39 is 0 Å². The molecule has 0 bridgehead atoms. The zero-order valence-electron chi connectivity index (χ0n) is 6.75. The Morgan fingerprint density at radius 2 is 2.31 bits per heavy atom. The molecule has 0 aromatic heterocycles. The van der Waals surface area contributed by atoms with Crippen molar-refractivity contribution >= 4 is 27.4 Å². The summed E-state index contributed by atoms with van der Waals surface area (Å²) in [5.74, 6) is -0.0588. The van der Waals surface area contributed by atoms with Crippen LogP contribution in [-0.2, 0) is 0 Å². The first kappa shape index (κ1) is 9.75. The second-order valence-electron chi connectivity index (χ2n) is 2.47. The molecule has 1 aromatic rings. The number of rotatable bonds is 2. The lowest BCUT2D eigenvalue weighted by atomic mass is 10.1. The number of anilines is 1. The summed E-state index contributed by atoms with van der Waals surface area (Å²) >= 11 is 3.05. The summed E-state index contributed by atoms with van der Waals surface area (Å²) < 4.78 is 0. The zero-order valence-corrected chi connectivity index (χ0v) is 8.34. The number of nitrogen functional groups attached to an aromatic ring is 1. The largest absolute Gasteiger partial charge is 0.398 e. The number of hydrogen-bond acceptors (Lipinski definition) is 3. The monoisotopic (exact) mass is 238 g/mol. The van der Waals surface area contributed by atoms with E-state index in [9.17, 15) is 4.79 Å². The van der Waals surface area contributed by atoms with Crippen LogP contribution in [0.15, 0.2) is 18.2 Å². The molecule has 1 aromatic carbocycles. The van der Waals surface area contributed by atoms with Gasteiger partial charge in [0.25, 0.3) is 0 Å². The summed E-state index contributed by atoms with van der Waals surface area (Å²) in [5, 5.41) is 8.90. The van der Waals surface area contributed by atoms with E-state index in [-0.39, 0.29) is 11.1 Å². The van der Waals surface area contributed by atoms with Crippen LogP contribution in [0, 0.1) is 11.3 Å². The smallest absolute Gasteiger partial charge is 0.173 e. The SMILES string of the molecule is N#Cc1cc(C(=O)CBr)ccc1N. The number of nitrogens with two attached hydrogens (primary N) is 1. The van der Waals surface area contributed by atoms with Crippen LogP contribution in [0.5, 0.6) is 0 Å². The third kappa shape index (κ3) is 2.07. The first-order valence-electron chi connectivity index (χ1n) is 3.58. The number of nitriles is 1. The molecule has 2 N–H and O–H groups in total. The van der Waals surface area contributed by atoms with Crippen molar-refractivity contribution < 1.29 is 4.79 Å². The molecule has 0 saturated heterocycles. The van der Waals surface area contributed by atoms with Crippen molar-refractivity contribution in [1.82, 2.24) is 0 Å². The Morgan fingerprint density at radius 1 is 1.62 bits per heavy atom. The van der Waals surface area contributed by atoms with E-state index in [1.54, 1.807) is 12.1 Å². The van der Waals surface area contributed by atoms with Crippen molar-refractivity contribution in [2.75, 3.05) is 11.1 Å². The Balaban J connectivity index is 3.15. The van der Waals surface area contributed by atoms with Gasteiger partial charge in [0.15, 0.2) is 5.78 Å². The number of nitrogens with zero attached hydrogens (tertiary/aromatic N) is 1. The normalized spacial score (nSPS) is 9.23. The van der Waals surface area contributed by atoms with Crippen molar-refractivity contribution in [1.29, 1.82) is 5.26 Å². The molecule has 0 radical (unpaired) electrons. The van der Waals surface area contributed by atoms with Gasteiger partial charge in [-0.1, -0.05) is 15.9 Å². The summed E-state index contributed by atoms with van der Waals surface area (Å²) in [6, 6.07) is 6.60. The molecule has 13 heavy (non-hydrogen) atoms. The minimum Gasteiger partial charge on any atom is -0.398 e.